The number of halogens is 2. The molecule has 0 unspecified atom stereocenters. The number of benzene rings is 1. The largest absolute Gasteiger partial charge is 0.495 e. The number of ketones is 1. The second kappa shape index (κ2) is 16.8. The lowest BCUT2D eigenvalue weighted by atomic mass is 10.0. The number of carbonyl (C=O) groups is 1. The third kappa shape index (κ3) is 10.6. The highest BCUT2D eigenvalue weighted by Gasteiger charge is 2.07. The Morgan fingerprint density at radius 2 is 1.78 bits per heavy atom. The highest BCUT2D eigenvalue weighted by Crippen LogP contribution is 2.28. The van der Waals surface area contributed by atoms with Gasteiger partial charge in [-0.15, -0.1) is 0 Å². The van der Waals surface area contributed by atoms with Crippen LogP contribution in [-0.4, -0.2) is 12.9 Å². The molecule has 0 saturated heterocycles. The second-order valence-corrected chi connectivity index (χ2v) is 6.56. The standard InChI is InChI=1S/C12H17ClO.C9H11BrO.C2H6/c1-5-10(13)8-9(4)11(6-2)12(14)7-3;1-3-7-5-4-6-8(10)9(7)11-2;1-2/h5-6,8H,7H2,1-4H3;4-6H,3H2,1-2H3;1-2H3/b9-8-,10-5+,11-6+;;. The van der Waals surface area contributed by atoms with Gasteiger partial charge in [-0.25, -0.2) is 0 Å². The molecule has 0 aliphatic heterocycles. The van der Waals surface area contributed by atoms with Crippen LogP contribution in [0.2, 0.25) is 0 Å². The Balaban J connectivity index is 0. The summed E-state index contributed by atoms with van der Waals surface area (Å²) in [6, 6.07) is 6.08. The molecule has 1 aromatic carbocycles. The molecule has 0 bridgehead atoms. The summed E-state index contributed by atoms with van der Waals surface area (Å²) >= 11 is 9.28. The van der Waals surface area contributed by atoms with Gasteiger partial charge in [-0.3, -0.25) is 4.79 Å². The van der Waals surface area contributed by atoms with Crippen LogP contribution in [0, 0.1) is 0 Å². The molecule has 4 heteroatoms. The van der Waals surface area contributed by atoms with Gasteiger partial charge in [0, 0.05) is 17.0 Å². The summed E-state index contributed by atoms with van der Waals surface area (Å²) in [6.45, 7) is 13.6. The zero-order valence-corrected chi connectivity index (χ0v) is 20.3. The zero-order valence-electron chi connectivity index (χ0n) is 18.0. The number of allylic oxidation sites excluding steroid dienone is 6. The van der Waals surface area contributed by atoms with Crippen molar-refractivity contribution < 1.29 is 9.53 Å². The van der Waals surface area contributed by atoms with Gasteiger partial charge in [-0.05, 0) is 66.4 Å². The molecule has 0 amide bonds. The normalized spacial score (nSPS) is 11.7. The molecule has 0 spiro atoms. The molecule has 0 radical (unpaired) electrons. The Hall–Kier alpha value is -1.32. The Labute approximate surface area is 179 Å². The van der Waals surface area contributed by atoms with Crippen LogP contribution in [0.3, 0.4) is 0 Å². The van der Waals surface area contributed by atoms with Crippen LogP contribution in [-0.2, 0) is 11.2 Å². The summed E-state index contributed by atoms with van der Waals surface area (Å²) in [5.74, 6) is 1.11. The quantitative estimate of drug-likeness (QED) is 0.319. The van der Waals surface area contributed by atoms with E-state index in [0.29, 0.717) is 11.5 Å². The Morgan fingerprint density at radius 3 is 2.15 bits per heavy atom. The van der Waals surface area contributed by atoms with Gasteiger partial charge in [-0.1, -0.05) is 63.6 Å². The van der Waals surface area contributed by atoms with Gasteiger partial charge in [0.05, 0.1) is 11.6 Å². The minimum Gasteiger partial charge on any atom is -0.495 e. The van der Waals surface area contributed by atoms with E-state index >= 15 is 0 Å². The van der Waals surface area contributed by atoms with Crippen LogP contribution in [0.5, 0.6) is 5.75 Å². The number of carbonyl (C=O) groups excluding carboxylic acids is 1. The summed E-state index contributed by atoms with van der Waals surface area (Å²) in [6.07, 6.45) is 6.97. The molecule has 0 aromatic heterocycles. The molecule has 0 aliphatic carbocycles. The number of para-hydroxylation sites is 1. The van der Waals surface area contributed by atoms with Crippen LogP contribution < -0.4 is 4.74 Å². The lowest BCUT2D eigenvalue weighted by Gasteiger charge is -2.07. The molecule has 1 aromatic rings. The second-order valence-electron chi connectivity index (χ2n) is 5.27. The van der Waals surface area contributed by atoms with E-state index in [0.717, 1.165) is 27.8 Å². The van der Waals surface area contributed by atoms with Crippen LogP contribution in [0.4, 0.5) is 0 Å². The number of methoxy groups -OCH3 is 1. The summed E-state index contributed by atoms with van der Waals surface area (Å²) in [4.78, 5) is 11.5. The van der Waals surface area contributed by atoms with Gasteiger partial charge in [0.1, 0.15) is 5.75 Å². The first-order chi connectivity index (χ1) is 12.9. The van der Waals surface area contributed by atoms with Gasteiger partial charge in [0.15, 0.2) is 5.78 Å². The third-order valence-corrected chi connectivity index (χ3v) is 4.55. The predicted molar refractivity (Wildman–Crippen MR) is 124 cm³/mol. The molecular weight excluding hydrogens is 424 g/mol. The molecule has 0 fully saturated rings. The van der Waals surface area contributed by atoms with E-state index in [1.54, 1.807) is 13.2 Å². The van der Waals surface area contributed by atoms with Crippen LogP contribution in [0.25, 0.3) is 0 Å². The third-order valence-electron chi connectivity index (χ3n) is 3.60. The van der Waals surface area contributed by atoms with Crippen molar-refractivity contribution in [2.75, 3.05) is 7.11 Å². The van der Waals surface area contributed by atoms with E-state index in [2.05, 4.69) is 28.9 Å². The molecule has 0 N–H and O–H groups in total. The summed E-state index contributed by atoms with van der Waals surface area (Å²) in [5.41, 5.74) is 2.91. The first kappa shape index (κ1) is 27.9. The highest BCUT2D eigenvalue weighted by molar-refractivity contribution is 9.10. The van der Waals surface area contributed by atoms with Crippen LogP contribution in [0.15, 0.2) is 57.1 Å². The average molecular weight is 458 g/mol. The summed E-state index contributed by atoms with van der Waals surface area (Å²) < 4.78 is 6.25. The van der Waals surface area contributed by atoms with E-state index in [4.69, 9.17) is 16.3 Å². The molecule has 0 aliphatic rings. The first-order valence-electron chi connectivity index (χ1n) is 9.37. The molecule has 152 valence electrons. The number of aryl methyl sites for hydroxylation is 1. The van der Waals surface area contributed by atoms with Crippen molar-refractivity contribution in [3.05, 3.63) is 62.6 Å². The molecule has 0 heterocycles. The van der Waals surface area contributed by atoms with Crippen LogP contribution >= 0.6 is 27.5 Å². The van der Waals surface area contributed by atoms with Crippen molar-refractivity contribution in [3.63, 3.8) is 0 Å². The maximum absolute atomic E-state index is 11.5. The van der Waals surface area contributed by atoms with Gasteiger partial charge in [-0.2, -0.15) is 0 Å². The SMILES string of the molecule is CC.CCc1cccc(Br)c1OC.C\C=C(Cl)/C=C(C)\C(=C/C)C(=O)CC. The fraction of sp³-hybridized carbons (Fsp3) is 0.435. The number of Topliss-reactive ketones (excluding diaryl/α,β-unsaturated/α-hetero) is 1. The average Bonchev–Trinajstić information content (AvgIpc) is 2.69. The van der Waals surface area contributed by atoms with Gasteiger partial charge in [0.25, 0.3) is 0 Å². The topological polar surface area (TPSA) is 26.3 Å². The monoisotopic (exact) mass is 456 g/mol. The molecule has 27 heavy (non-hydrogen) atoms. The highest BCUT2D eigenvalue weighted by atomic mass is 79.9. The van der Waals surface area contributed by atoms with E-state index < -0.39 is 0 Å². The lowest BCUT2D eigenvalue weighted by molar-refractivity contribution is -0.115. The maximum atomic E-state index is 11.5. The van der Waals surface area contributed by atoms with Crippen LogP contribution in [0.1, 0.15) is 60.5 Å². The summed E-state index contributed by atoms with van der Waals surface area (Å²) in [5, 5.41) is 0.658. The van der Waals surface area contributed by atoms with Crippen molar-refractivity contribution in [3.8, 4) is 5.75 Å². The minimum absolute atomic E-state index is 0.154. The molecular formula is C23H34BrClO2. The van der Waals surface area contributed by atoms with Gasteiger partial charge in [0.2, 0.25) is 0 Å². The smallest absolute Gasteiger partial charge is 0.162 e. The fourth-order valence-electron chi connectivity index (χ4n) is 2.23. The molecule has 0 atom stereocenters. The van der Waals surface area contributed by atoms with Gasteiger partial charge >= 0.3 is 0 Å². The fourth-order valence-corrected chi connectivity index (χ4v) is 2.96. The first-order valence-corrected chi connectivity index (χ1v) is 10.5. The Bertz CT molecular complexity index is 658. The van der Waals surface area contributed by atoms with E-state index in [9.17, 15) is 4.79 Å². The van der Waals surface area contributed by atoms with Gasteiger partial charge < -0.3 is 4.74 Å². The summed E-state index contributed by atoms with van der Waals surface area (Å²) in [7, 11) is 1.69. The van der Waals surface area contributed by atoms with E-state index in [1.165, 1.54) is 5.56 Å². The van der Waals surface area contributed by atoms with E-state index in [-0.39, 0.29) is 5.78 Å². The molecule has 1 rings (SSSR count). The van der Waals surface area contributed by atoms with E-state index in [1.807, 2.05) is 65.8 Å². The number of rotatable bonds is 6. The van der Waals surface area contributed by atoms with Crippen molar-refractivity contribution >= 4 is 33.3 Å². The van der Waals surface area contributed by atoms with Crippen molar-refractivity contribution in [2.45, 2.75) is 61.3 Å². The van der Waals surface area contributed by atoms with Crippen molar-refractivity contribution in [1.29, 1.82) is 0 Å². The zero-order chi connectivity index (χ0) is 21.4. The predicted octanol–water partition coefficient (Wildman–Crippen LogP) is 8.05. The number of hydrogen-bond acceptors (Lipinski definition) is 2. The number of ether oxygens (including phenoxy) is 1. The maximum Gasteiger partial charge on any atom is 0.162 e. The molecule has 0 saturated carbocycles. The lowest BCUT2D eigenvalue weighted by Crippen LogP contribution is -2.01. The van der Waals surface area contributed by atoms with Crippen molar-refractivity contribution in [2.24, 2.45) is 0 Å². The number of hydrogen-bond donors (Lipinski definition) is 0. The minimum atomic E-state index is 0.154. The molecule has 2 nitrogen and oxygen atoms in total. The Morgan fingerprint density at radius 1 is 1.19 bits per heavy atom. The van der Waals surface area contributed by atoms with Crippen molar-refractivity contribution in [1.82, 2.24) is 0 Å². The Kier molecular flexibility index (Phi) is 17.4.